The van der Waals surface area contributed by atoms with Crippen molar-refractivity contribution in [2.24, 2.45) is 0 Å². The highest BCUT2D eigenvalue weighted by Gasteiger charge is 2.34. The number of anilines is 1. The number of carbonyl (C=O) groups excluding carboxylic acids is 1. The number of hydrogen-bond donors (Lipinski definition) is 2. The van der Waals surface area contributed by atoms with Crippen molar-refractivity contribution in [3.8, 4) is 11.8 Å². The van der Waals surface area contributed by atoms with Crippen LogP contribution in [-0.4, -0.2) is 58.8 Å². The fourth-order valence-corrected chi connectivity index (χ4v) is 2.10. The number of rotatable bonds is 4. The number of aromatic nitrogens is 2. The zero-order valence-corrected chi connectivity index (χ0v) is 11.7. The van der Waals surface area contributed by atoms with Crippen LogP contribution in [0.1, 0.15) is 12.8 Å². The van der Waals surface area contributed by atoms with Crippen LogP contribution in [0.3, 0.4) is 0 Å². The smallest absolute Gasteiger partial charge is 0.326 e. The molecule has 1 aromatic rings. The molecule has 21 heavy (non-hydrogen) atoms. The fraction of sp³-hybridized carbons (Fsp3) is 0.500. The molecule has 0 aliphatic carbocycles. The third-order valence-corrected chi connectivity index (χ3v) is 3.11. The first kappa shape index (κ1) is 14.8. The Morgan fingerprint density at radius 3 is 2.48 bits per heavy atom. The van der Waals surface area contributed by atoms with E-state index in [0.717, 1.165) is 0 Å². The van der Waals surface area contributed by atoms with Crippen molar-refractivity contribution in [3.05, 3.63) is 6.07 Å². The Morgan fingerprint density at radius 1 is 1.33 bits per heavy atom. The average molecular weight is 296 g/mol. The molecule has 0 radical (unpaired) electrons. The van der Waals surface area contributed by atoms with E-state index in [0.29, 0.717) is 19.4 Å². The summed E-state index contributed by atoms with van der Waals surface area (Å²) in [5.74, 6) is -0.569. The maximum atomic E-state index is 12.1. The van der Waals surface area contributed by atoms with Gasteiger partial charge in [0.2, 0.25) is 17.7 Å². The number of methoxy groups -OCH3 is 2. The van der Waals surface area contributed by atoms with Crippen LogP contribution in [0.2, 0.25) is 0 Å². The van der Waals surface area contributed by atoms with Crippen LogP contribution in [0.15, 0.2) is 6.07 Å². The first-order valence-corrected chi connectivity index (χ1v) is 6.32. The van der Waals surface area contributed by atoms with Crippen molar-refractivity contribution in [3.63, 3.8) is 0 Å². The Kier molecular flexibility index (Phi) is 4.41. The van der Waals surface area contributed by atoms with E-state index in [9.17, 15) is 9.59 Å². The first-order valence-electron chi connectivity index (χ1n) is 6.32. The summed E-state index contributed by atoms with van der Waals surface area (Å²) in [5.41, 5.74) is 0. The molecule has 0 aromatic carbocycles. The number of likely N-dealkylation sites (tertiary alicyclic amines) is 1. The molecule has 1 aromatic heterocycles. The Balaban J connectivity index is 2.14. The van der Waals surface area contributed by atoms with E-state index in [4.69, 9.17) is 14.6 Å². The Bertz CT molecular complexity index is 528. The van der Waals surface area contributed by atoms with Gasteiger partial charge in [-0.25, -0.2) is 9.59 Å². The number of hydrogen-bond acceptors (Lipinski definition) is 6. The Labute approximate surface area is 120 Å². The summed E-state index contributed by atoms with van der Waals surface area (Å²) in [6.45, 7) is 0.379. The van der Waals surface area contributed by atoms with Gasteiger partial charge >= 0.3 is 12.0 Å². The summed E-state index contributed by atoms with van der Waals surface area (Å²) in [5, 5.41) is 11.5. The number of nitrogens with one attached hydrogen (secondary N) is 1. The maximum Gasteiger partial charge on any atom is 0.326 e. The highest BCUT2D eigenvalue weighted by Crippen LogP contribution is 2.20. The second-order valence-electron chi connectivity index (χ2n) is 4.40. The number of nitrogens with zero attached hydrogens (tertiary/aromatic N) is 3. The largest absolute Gasteiger partial charge is 0.481 e. The Morgan fingerprint density at radius 2 is 1.95 bits per heavy atom. The lowest BCUT2D eigenvalue weighted by Gasteiger charge is -2.21. The summed E-state index contributed by atoms with van der Waals surface area (Å²) >= 11 is 0. The van der Waals surface area contributed by atoms with Gasteiger partial charge in [0.1, 0.15) is 6.04 Å². The quantitative estimate of drug-likeness (QED) is 0.835. The molecule has 9 heteroatoms. The molecule has 1 fully saturated rings. The monoisotopic (exact) mass is 296 g/mol. The molecule has 2 heterocycles. The van der Waals surface area contributed by atoms with Gasteiger partial charge in [-0.1, -0.05) is 0 Å². The van der Waals surface area contributed by atoms with Gasteiger partial charge in [-0.2, -0.15) is 9.97 Å². The summed E-state index contributed by atoms with van der Waals surface area (Å²) in [7, 11) is 2.85. The zero-order valence-electron chi connectivity index (χ0n) is 11.7. The molecule has 0 saturated carbocycles. The van der Waals surface area contributed by atoms with Gasteiger partial charge in [0.25, 0.3) is 0 Å². The van der Waals surface area contributed by atoms with Gasteiger partial charge in [0.05, 0.1) is 20.3 Å². The fourth-order valence-electron chi connectivity index (χ4n) is 2.10. The molecular formula is C12H16N4O5. The first-order chi connectivity index (χ1) is 10.0. The van der Waals surface area contributed by atoms with Crippen LogP contribution in [0.5, 0.6) is 11.8 Å². The molecule has 1 saturated heterocycles. The molecular weight excluding hydrogens is 280 g/mol. The van der Waals surface area contributed by atoms with E-state index in [1.165, 1.54) is 25.2 Å². The predicted molar refractivity (Wildman–Crippen MR) is 71.5 cm³/mol. The SMILES string of the molecule is COc1cc(OC)nc(NC(=O)N2CCC[C@@H]2C(=O)O)n1. The number of aliphatic carboxylic acids is 1. The van der Waals surface area contributed by atoms with Gasteiger partial charge < -0.3 is 19.5 Å². The molecule has 2 N–H and O–H groups in total. The molecule has 0 spiro atoms. The molecule has 114 valence electrons. The van der Waals surface area contributed by atoms with E-state index >= 15 is 0 Å². The summed E-state index contributed by atoms with van der Waals surface area (Å²) in [6.07, 6.45) is 1.08. The number of carboxylic acids is 1. The number of carbonyl (C=O) groups is 2. The predicted octanol–water partition coefficient (Wildman–Crippen LogP) is 0.575. The van der Waals surface area contributed by atoms with Crippen LogP contribution in [0, 0.1) is 0 Å². The maximum absolute atomic E-state index is 12.1. The van der Waals surface area contributed by atoms with Crippen molar-refractivity contribution in [2.75, 3.05) is 26.1 Å². The number of ether oxygens (including phenoxy) is 2. The van der Waals surface area contributed by atoms with E-state index in [1.54, 1.807) is 0 Å². The van der Waals surface area contributed by atoms with Gasteiger partial charge in [-0.3, -0.25) is 5.32 Å². The van der Waals surface area contributed by atoms with Crippen LogP contribution < -0.4 is 14.8 Å². The van der Waals surface area contributed by atoms with Crippen LogP contribution in [0.25, 0.3) is 0 Å². The minimum absolute atomic E-state index is 0.00719. The lowest BCUT2D eigenvalue weighted by molar-refractivity contribution is -0.141. The van der Waals surface area contributed by atoms with E-state index in [-0.39, 0.29) is 17.7 Å². The van der Waals surface area contributed by atoms with E-state index in [1.807, 2.05) is 0 Å². The third-order valence-electron chi connectivity index (χ3n) is 3.11. The van der Waals surface area contributed by atoms with E-state index < -0.39 is 18.0 Å². The van der Waals surface area contributed by atoms with Crippen molar-refractivity contribution in [1.29, 1.82) is 0 Å². The minimum Gasteiger partial charge on any atom is -0.481 e. The highest BCUT2D eigenvalue weighted by molar-refractivity contribution is 5.91. The van der Waals surface area contributed by atoms with E-state index in [2.05, 4.69) is 15.3 Å². The average Bonchev–Trinajstić information content (AvgIpc) is 2.96. The normalized spacial score (nSPS) is 17.4. The number of urea groups is 1. The Hall–Kier alpha value is -2.58. The molecule has 1 atom stereocenters. The number of amides is 2. The molecule has 9 nitrogen and oxygen atoms in total. The second-order valence-corrected chi connectivity index (χ2v) is 4.40. The van der Waals surface area contributed by atoms with Crippen molar-refractivity contribution >= 4 is 17.9 Å². The van der Waals surface area contributed by atoms with Crippen molar-refractivity contribution in [2.45, 2.75) is 18.9 Å². The molecule has 1 aliphatic heterocycles. The van der Waals surface area contributed by atoms with Crippen LogP contribution in [0.4, 0.5) is 10.7 Å². The number of carboxylic acid groups (broad SMARTS) is 1. The van der Waals surface area contributed by atoms with Gasteiger partial charge in [0.15, 0.2) is 0 Å². The van der Waals surface area contributed by atoms with Gasteiger partial charge in [0, 0.05) is 6.54 Å². The molecule has 2 amide bonds. The standard InChI is InChI=1S/C12H16N4O5/c1-20-8-6-9(21-2)14-11(13-8)15-12(19)16-5-3-4-7(16)10(17)18/h6-7H,3-5H2,1-2H3,(H,17,18)(H,13,14,15,19)/t7-/m1/s1. The van der Waals surface area contributed by atoms with Crippen LogP contribution >= 0.6 is 0 Å². The van der Waals surface area contributed by atoms with Crippen LogP contribution in [-0.2, 0) is 4.79 Å². The molecule has 0 unspecified atom stereocenters. The summed E-state index contributed by atoms with van der Waals surface area (Å²) < 4.78 is 9.95. The third kappa shape index (κ3) is 3.30. The molecule has 0 bridgehead atoms. The van der Waals surface area contributed by atoms with Gasteiger partial charge in [-0.05, 0) is 12.8 Å². The summed E-state index contributed by atoms with van der Waals surface area (Å²) in [4.78, 5) is 32.4. The van der Waals surface area contributed by atoms with Crippen molar-refractivity contribution < 1.29 is 24.2 Å². The van der Waals surface area contributed by atoms with Crippen molar-refractivity contribution in [1.82, 2.24) is 14.9 Å². The minimum atomic E-state index is -1.02. The molecule has 1 aliphatic rings. The highest BCUT2D eigenvalue weighted by atomic mass is 16.5. The zero-order chi connectivity index (χ0) is 15.4. The lowest BCUT2D eigenvalue weighted by atomic mass is 10.2. The molecule has 2 rings (SSSR count). The topological polar surface area (TPSA) is 114 Å². The summed E-state index contributed by atoms with van der Waals surface area (Å²) in [6, 6.07) is 0.0821. The lowest BCUT2D eigenvalue weighted by Crippen LogP contribution is -2.43. The van der Waals surface area contributed by atoms with Gasteiger partial charge in [-0.15, -0.1) is 0 Å². The second kappa shape index (κ2) is 6.25.